The van der Waals surface area contributed by atoms with Gasteiger partial charge >= 0.3 is 6.18 Å². The largest absolute Gasteiger partial charge is 0.410 e. The van der Waals surface area contributed by atoms with Crippen molar-refractivity contribution < 1.29 is 18.0 Å². The monoisotopic (exact) mass is 562 g/mol. The van der Waals surface area contributed by atoms with Crippen molar-refractivity contribution in [3.63, 3.8) is 0 Å². The Hall–Kier alpha value is -3.50. The molecule has 0 bridgehead atoms. The van der Waals surface area contributed by atoms with Crippen molar-refractivity contribution in [2.24, 2.45) is 0 Å². The molecule has 3 heterocycles. The number of halogens is 5. The Morgan fingerprint density at radius 3 is 2.42 bits per heavy atom. The van der Waals surface area contributed by atoms with Crippen LogP contribution < -0.4 is 10.6 Å². The van der Waals surface area contributed by atoms with Crippen LogP contribution in [0.3, 0.4) is 0 Å². The molecular weight excluding hydrogens is 540 g/mol. The maximum atomic E-state index is 14.0. The van der Waals surface area contributed by atoms with Crippen molar-refractivity contribution in [1.82, 2.24) is 19.6 Å². The molecule has 2 aromatic heterocycles. The number of fused-ring (bicyclic) bond motifs is 1. The quantitative estimate of drug-likeness (QED) is 0.275. The van der Waals surface area contributed by atoms with Crippen LogP contribution in [0, 0.1) is 13.8 Å². The van der Waals surface area contributed by atoms with Crippen molar-refractivity contribution in [2.45, 2.75) is 45.1 Å². The summed E-state index contributed by atoms with van der Waals surface area (Å²) >= 11 is 12.6. The first-order chi connectivity index (χ1) is 18.0. The molecule has 2 aromatic carbocycles. The second-order valence-corrected chi connectivity index (χ2v) is 9.93. The van der Waals surface area contributed by atoms with Gasteiger partial charge in [-0.3, -0.25) is 9.48 Å². The summed E-state index contributed by atoms with van der Waals surface area (Å²) in [6, 6.07) is 12.9. The Balaban J connectivity index is 1.41. The van der Waals surface area contributed by atoms with E-state index in [0.29, 0.717) is 32.7 Å². The predicted molar refractivity (Wildman–Crippen MR) is 140 cm³/mol. The number of nitrogens with one attached hydrogen (secondary N) is 2. The highest BCUT2D eigenvalue weighted by atomic mass is 35.5. The van der Waals surface area contributed by atoms with Gasteiger partial charge < -0.3 is 10.6 Å². The molecule has 2 atom stereocenters. The molecule has 198 valence electrons. The van der Waals surface area contributed by atoms with Crippen LogP contribution in [-0.4, -0.2) is 31.6 Å². The van der Waals surface area contributed by atoms with Gasteiger partial charge in [-0.25, -0.2) is 4.68 Å². The molecule has 0 fully saturated rings. The number of carbonyl (C=O) groups is 1. The fourth-order valence-corrected chi connectivity index (χ4v) is 5.15. The molecule has 0 saturated carbocycles. The summed E-state index contributed by atoms with van der Waals surface area (Å²) in [5.74, 6) is -0.525. The third-order valence-electron chi connectivity index (χ3n) is 6.61. The number of alkyl halides is 3. The molecule has 7 nitrogen and oxygen atoms in total. The van der Waals surface area contributed by atoms with E-state index in [9.17, 15) is 18.0 Å². The van der Waals surface area contributed by atoms with E-state index in [2.05, 4.69) is 20.8 Å². The third-order valence-corrected chi connectivity index (χ3v) is 7.32. The zero-order chi connectivity index (χ0) is 27.2. The zero-order valence-corrected chi connectivity index (χ0v) is 21.9. The lowest BCUT2D eigenvalue weighted by molar-refractivity contribution is -0.173. The van der Waals surface area contributed by atoms with Crippen molar-refractivity contribution in [1.29, 1.82) is 0 Å². The average molecular weight is 563 g/mol. The third kappa shape index (κ3) is 4.98. The van der Waals surface area contributed by atoms with Gasteiger partial charge in [0.05, 0.1) is 29.7 Å². The standard InChI is InChI=1S/C26H23Cl2F3N6O/c1-14-24(15(2)36(34-14)13-17-18(27)9-6-10-19(17)28)33-25(38)21-12-23-32-20(16-7-4-3-5-8-16)11-22(26(29,30)31)37(23)35-21/h3-10,12,20,22,32H,11,13H2,1-2H3,(H,33,38). The minimum Gasteiger partial charge on any atom is -0.363 e. The lowest BCUT2D eigenvalue weighted by Gasteiger charge is -2.33. The Bertz CT molecular complexity index is 1480. The number of aromatic nitrogens is 4. The summed E-state index contributed by atoms with van der Waals surface area (Å²) < 4.78 is 44.5. The van der Waals surface area contributed by atoms with Gasteiger partial charge in [-0.15, -0.1) is 0 Å². The molecule has 0 spiro atoms. The molecular formula is C26H23Cl2F3N6O. The summed E-state index contributed by atoms with van der Waals surface area (Å²) in [5.41, 5.74) is 2.85. The van der Waals surface area contributed by atoms with Gasteiger partial charge in [0.1, 0.15) is 5.82 Å². The number of aryl methyl sites for hydroxylation is 1. The first-order valence-corrected chi connectivity index (χ1v) is 12.5. The predicted octanol–water partition coefficient (Wildman–Crippen LogP) is 6.96. The highest BCUT2D eigenvalue weighted by molar-refractivity contribution is 6.36. The van der Waals surface area contributed by atoms with Crippen LogP contribution in [0.5, 0.6) is 0 Å². The summed E-state index contributed by atoms with van der Waals surface area (Å²) in [6.07, 6.45) is -4.79. The molecule has 2 N–H and O–H groups in total. The van der Waals surface area contributed by atoms with Gasteiger partial charge in [-0.2, -0.15) is 23.4 Å². The van der Waals surface area contributed by atoms with Crippen LogP contribution in [0.1, 0.15) is 51.5 Å². The molecule has 38 heavy (non-hydrogen) atoms. The van der Waals surface area contributed by atoms with E-state index in [0.717, 1.165) is 10.2 Å². The number of anilines is 2. The van der Waals surface area contributed by atoms with Crippen LogP contribution >= 0.6 is 23.2 Å². The number of hydrogen-bond donors (Lipinski definition) is 2. The fraction of sp³-hybridized carbons (Fsp3) is 0.269. The van der Waals surface area contributed by atoms with E-state index >= 15 is 0 Å². The van der Waals surface area contributed by atoms with E-state index < -0.39 is 24.2 Å². The van der Waals surface area contributed by atoms with Crippen molar-refractivity contribution >= 4 is 40.6 Å². The lowest BCUT2D eigenvalue weighted by Crippen LogP contribution is -2.35. The molecule has 1 amide bonds. The smallest absolute Gasteiger partial charge is 0.363 e. The Kier molecular flexibility index (Phi) is 6.87. The summed E-state index contributed by atoms with van der Waals surface area (Å²) in [6.45, 7) is 3.76. The van der Waals surface area contributed by atoms with Gasteiger partial charge in [0, 0.05) is 28.1 Å². The number of nitrogens with zero attached hydrogens (tertiary/aromatic N) is 4. The maximum Gasteiger partial charge on any atom is 0.410 e. The fourth-order valence-electron chi connectivity index (χ4n) is 4.63. The van der Waals surface area contributed by atoms with Gasteiger partial charge in [-0.1, -0.05) is 59.6 Å². The Morgan fingerprint density at radius 2 is 1.76 bits per heavy atom. The molecule has 0 radical (unpaired) electrons. The van der Waals surface area contributed by atoms with Gasteiger partial charge in [-0.05, 0) is 31.5 Å². The molecule has 1 aliphatic rings. The number of carbonyl (C=O) groups excluding carboxylic acids is 1. The van der Waals surface area contributed by atoms with Gasteiger partial charge in [0.2, 0.25) is 0 Å². The minimum absolute atomic E-state index is 0.120. The Morgan fingerprint density at radius 1 is 1.08 bits per heavy atom. The van der Waals surface area contributed by atoms with Crippen LogP contribution in [0.15, 0.2) is 54.6 Å². The van der Waals surface area contributed by atoms with Crippen molar-refractivity contribution in [2.75, 3.05) is 10.6 Å². The average Bonchev–Trinajstić information content (AvgIpc) is 3.42. The number of rotatable bonds is 5. The van der Waals surface area contributed by atoms with E-state index in [-0.39, 0.29) is 24.5 Å². The second kappa shape index (κ2) is 9.99. The first kappa shape index (κ1) is 26.1. The van der Waals surface area contributed by atoms with E-state index in [4.69, 9.17) is 23.2 Å². The lowest BCUT2D eigenvalue weighted by atomic mass is 9.97. The number of amides is 1. The van der Waals surface area contributed by atoms with Crippen LogP contribution in [0.2, 0.25) is 10.0 Å². The van der Waals surface area contributed by atoms with E-state index in [1.807, 2.05) is 0 Å². The summed E-state index contributed by atoms with van der Waals surface area (Å²) in [7, 11) is 0. The molecule has 1 aliphatic heterocycles. The van der Waals surface area contributed by atoms with Gasteiger partial charge in [0.25, 0.3) is 5.91 Å². The van der Waals surface area contributed by atoms with E-state index in [1.165, 1.54) is 6.07 Å². The van der Waals surface area contributed by atoms with Crippen LogP contribution in [0.25, 0.3) is 0 Å². The number of benzene rings is 2. The topological polar surface area (TPSA) is 76.8 Å². The highest BCUT2D eigenvalue weighted by Crippen LogP contribution is 2.43. The maximum absolute atomic E-state index is 14.0. The highest BCUT2D eigenvalue weighted by Gasteiger charge is 2.46. The molecule has 5 rings (SSSR count). The molecule has 0 saturated heterocycles. The first-order valence-electron chi connectivity index (χ1n) is 11.8. The second-order valence-electron chi connectivity index (χ2n) is 9.12. The summed E-state index contributed by atoms with van der Waals surface area (Å²) in [4.78, 5) is 13.1. The molecule has 12 heteroatoms. The molecule has 4 aromatic rings. The molecule has 2 unspecified atom stereocenters. The van der Waals surface area contributed by atoms with Crippen molar-refractivity contribution in [3.05, 3.63) is 92.9 Å². The summed E-state index contributed by atoms with van der Waals surface area (Å²) in [5, 5.41) is 15.4. The van der Waals surface area contributed by atoms with Crippen LogP contribution in [0.4, 0.5) is 24.7 Å². The normalized spacial score (nSPS) is 17.1. The van der Waals surface area contributed by atoms with Gasteiger partial charge in [0.15, 0.2) is 11.7 Å². The van der Waals surface area contributed by atoms with Crippen LogP contribution in [-0.2, 0) is 6.54 Å². The van der Waals surface area contributed by atoms with E-state index in [1.54, 1.807) is 67.1 Å². The van der Waals surface area contributed by atoms with Crippen molar-refractivity contribution in [3.8, 4) is 0 Å². The minimum atomic E-state index is -4.54. The number of hydrogen-bond acceptors (Lipinski definition) is 4. The molecule has 0 aliphatic carbocycles. The Labute approximate surface area is 226 Å². The SMILES string of the molecule is Cc1nn(Cc2c(Cl)cccc2Cl)c(C)c1NC(=O)c1cc2n(n1)C(C(F)(F)F)CC(c1ccccc1)N2. The zero-order valence-electron chi connectivity index (χ0n) is 20.4.